The van der Waals surface area contributed by atoms with E-state index in [0.717, 1.165) is 18.8 Å². The molecule has 0 saturated heterocycles. The van der Waals surface area contributed by atoms with Crippen molar-refractivity contribution in [2.75, 3.05) is 6.61 Å². The summed E-state index contributed by atoms with van der Waals surface area (Å²) in [6.45, 7) is 9.41. The van der Waals surface area contributed by atoms with Crippen LogP contribution < -0.4 is 10.5 Å². The first-order chi connectivity index (χ1) is 8.04. The Morgan fingerprint density at radius 1 is 1.12 bits per heavy atom. The lowest BCUT2D eigenvalue weighted by atomic mass is 9.93. The van der Waals surface area contributed by atoms with Crippen LogP contribution in [0, 0.1) is 11.8 Å². The molecule has 0 fully saturated rings. The second kappa shape index (κ2) is 6.65. The third kappa shape index (κ3) is 4.39. The quantitative estimate of drug-likeness (QED) is 0.814. The van der Waals surface area contributed by atoms with E-state index in [2.05, 4.69) is 39.8 Å². The summed E-state index contributed by atoms with van der Waals surface area (Å²) < 4.78 is 5.65. The summed E-state index contributed by atoms with van der Waals surface area (Å²) in [6.07, 6.45) is 1.10. The largest absolute Gasteiger partial charge is 0.493 e. The minimum absolute atomic E-state index is 0.124. The first-order valence-corrected chi connectivity index (χ1v) is 6.53. The summed E-state index contributed by atoms with van der Waals surface area (Å²) in [6, 6.07) is 8.30. The molecule has 0 heterocycles. The van der Waals surface area contributed by atoms with Gasteiger partial charge in [0.05, 0.1) is 6.61 Å². The number of ether oxygens (including phenoxy) is 1. The van der Waals surface area contributed by atoms with Gasteiger partial charge < -0.3 is 10.5 Å². The molecule has 96 valence electrons. The van der Waals surface area contributed by atoms with Crippen LogP contribution in [0.3, 0.4) is 0 Å². The lowest BCUT2D eigenvalue weighted by Gasteiger charge is -2.19. The Morgan fingerprint density at radius 2 is 1.71 bits per heavy atom. The Kier molecular flexibility index (Phi) is 5.49. The lowest BCUT2D eigenvalue weighted by Crippen LogP contribution is -2.18. The van der Waals surface area contributed by atoms with Crippen LogP contribution in [-0.2, 0) is 0 Å². The third-order valence-corrected chi connectivity index (χ3v) is 3.11. The van der Waals surface area contributed by atoms with Gasteiger partial charge in [-0.3, -0.25) is 0 Å². The SMILES string of the molecule is CCC(C)C(N)c1ccc(OCC(C)C)cc1. The third-order valence-electron chi connectivity index (χ3n) is 3.11. The first kappa shape index (κ1) is 14.0. The van der Waals surface area contributed by atoms with Crippen molar-refractivity contribution in [2.45, 2.75) is 40.2 Å². The van der Waals surface area contributed by atoms with Gasteiger partial charge >= 0.3 is 0 Å². The number of rotatable bonds is 6. The average Bonchev–Trinajstić information content (AvgIpc) is 2.35. The van der Waals surface area contributed by atoms with E-state index >= 15 is 0 Å². The van der Waals surface area contributed by atoms with Gasteiger partial charge in [-0.1, -0.05) is 46.2 Å². The fraction of sp³-hybridized carbons (Fsp3) is 0.600. The molecule has 2 unspecified atom stereocenters. The van der Waals surface area contributed by atoms with Crippen LogP contribution in [0.5, 0.6) is 5.75 Å². The highest BCUT2D eigenvalue weighted by atomic mass is 16.5. The summed E-state index contributed by atoms with van der Waals surface area (Å²) >= 11 is 0. The predicted molar refractivity (Wildman–Crippen MR) is 73.2 cm³/mol. The highest BCUT2D eigenvalue weighted by Crippen LogP contribution is 2.23. The zero-order chi connectivity index (χ0) is 12.8. The lowest BCUT2D eigenvalue weighted by molar-refractivity contribution is 0.271. The minimum Gasteiger partial charge on any atom is -0.493 e. The molecule has 2 N–H and O–H groups in total. The van der Waals surface area contributed by atoms with E-state index in [4.69, 9.17) is 10.5 Å². The van der Waals surface area contributed by atoms with Crippen LogP contribution in [0.2, 0.25) is 0 Å². The normalized spacial score (nSPS) is 14.7. The molecule has 0 aliphatic carbocycles. The van der Waals surface area contributed by atoms with Gasteiger partial charge in [0, 0.05) is 6.04 Å². The molecule has 1 rings (SSSR count). The van der Waals surface area contributed by atoms with Crippen molar-refractivity contribution in [1.29, 1.82) is 0 Å². The summed E-state index contributed by atoms with van der Waals surface area (Å²) in [4.78, 5) is 0. The van der Waals surface area contributed by atoms with Crippen LogP contribution >= 0.6 is 0 Å². The van der Waals surface area contributed by atoms with E-state index < -0.39 is 0 Å². The van der Waals surface area contributed by atoms with E-state index in [-0.39, 0.29) is 6.04 Å². The van der Waals surface area contributed by atoms with E-state index in [9.17, 15) is 0 Å². The molecule has 0 amide bonds. The van der Waals surface area contributed by atoms with Gasteiger partial charge in [-0.15, -0.1) is 0 Å². The van der Waals surface area contributed by atoms with Crippen molar-refractivity contribution in [3.05, 3.63) is 29.8 Å². The van der Waals surface area contributed by atoms with Crippen molar-refractivity contribution < 1.29 is 4.74 Å². The van der Waals surface area contributed by atoms with Crippen LogP contribution in [0.4, 0.5) is 0 Å². The van der Waals surface area contributed by atoms with Crippen molar-refractivity contribution in [3.63, 3.8) is 0 Å². The number of nitrogens with two attached hydrogens (primary N) is 1. The van der Waals surface area contributed by atoms with E-state index in [1.807, 2.05) is 12.1 Å². The topological polar surface area (TPSA) is 35.2 Å². The van der Waals surface area contributed by atoms with Crippen LogP contribution in [-0.4, -0.2) is 6.61 Å². The Hall–Kier alpha value is -1.02. The molecule has 0 aromatic heterocycles. The second-order valence-corrected chi connectivity index (χ2v) is 5.19. The molecule has 1 aromatic rings. The molecule has 2 heteroatoms. The number of hydrogen-bond donors (Lipinski definition) is 1. The van der Waals surface area contributed by atoms with Crippen LogP contribution in [0.1, 0.15) is 45.7 Å². The van der Waals surface area contributed by atoms with Crippen molar-refractivity contribution >= 4 is 0 Å². The molecule has 0 bridgehead atoms. The molecule has 1 aromatic carbocycles. The fourth-order valence-corrected chi connectivity index (χ4v) is 1.63. The Morgan fingerprint density at radius 3 is 2.18 bits per heavy atom. The molecule has 2 nitrogen and oxygen atoms in total. The van der Waals surface area contributed by atoms with Gasteiger partial charge in [0.25, 0.3) is 0 Å². The number of hydrogen-bond acceptors (Lipinski definition) is 2. The molecule has 0 aliphatic rings. The standard InChI is InChI=1S/C15H25NO/c1-5-12(4)15(16)13-6-8-14(9-7-13)17-10-11(2)3/h6-9,11-12,15H,5,10,16H2,1-4H3. The van der Waals surface area contributed by atoms with Gasteiger partial charge in [0.15, 0.2) is 0 Å². The molecule has 0 radical (unpaired) electrons. The van der Waals surface area contributed by atoms with Crippen LogP contribution in [0.15, 0.2) is 24.3 Å². The van der Waals surface area contributed by atoms with Gasteiger partial charge in [-0.2, -0.15) is 0 Å². The average molecular weight is 235 g/mol. The fourth-order valence-electron chi connectivity index (χ4n) is 1.63. The summed E-state index contributed by atoms with van der Waals surface area (Å²) in [5, 5.41) is 0. The minimum atomic E-state index is 0.124. The highest BCUT2D eigenvalue weighted by Gasteiger charge is 2.12. The van der Waals surface area contributed by atoms with Crippen molar-refractivity contribution in [2.24, 2.45) is 17.6 Å². The van der Waals surface area contributed by atoms with Gasteiger partial charge in [0.2, 0.25) is 0 Å². The molecule has 0 spiro atoms. The maximum absolute atomic E-state index is 6.18. The zero-order valence-corrected chi connectivity index (χ0v) is 11.4. The second-order valence-electron chi connectivity index (χ2n) is 5.19. The smallest absolute Gasteiger partial charge is 0.119 e. The van der Waals surface area contributed by atoms with Gasteiger partial charge in [-0.25, -0.2) is 0 Å². The van der Waals surface area contributed by atoms with Gasteiger partial charge in [-0.05, 0) is 29.5 Å². The number of benzene rings is 1. The molecule has 0 aliphatic heterocycles. The van der Waals surface area contributed by atoms with E-state index in [1.54, 1.807) is 0 Å². The summed E-state index contributed by atoms with van der Waals surface area (Å²) in [5.41, 5.74) is 7.37. The summed E-state index contributed by atoms with van der Waals surface area (Å²) in [5.74, 6) is 1.99. The van der Waals surface area contributed by atoms with Crippen LogP contribution in [0.25, 0.3) is 0 Å². The molecular formula is C15H25NO. The molecule has 2 atom stereocenters. The maximum Gasteiger partial charge on any atom is 0.119 e. The highest BCUT2D eigenvalue weighted by molar-refractivity contribution is 5.29. The first-order valence-electron chi connectivity index (χ1n) is 6.53. The van der Waals surface area contributed by atoms with Crippen molar-refractivity contribution in [3.8, 4) is 5.75 Å². The predicted octanol–water partition coefficient (Wildman–Crippen LogP) is 3.77. The zero-order valence-electron chi connectivity index (χ0n) is 11.4. The monoisotopic (exact) mass is 235 g/mol. The Balaban J connectivity index is 2.61. The van der Waals surface area contributed by atoms with Gasteiger partial charge in [0.1, 0.15) is 5.75 Å². The van der Waals surface area contributed by atoms with E-state index in [0.29, 0.717) is 11.8 Å². The Bertz CT molecular complexity index is 318. The summed E-state index contributed by atoms with van der Waals surface area (Å²) in [7, 11) is 0. The molecular weight excluding hydrogens is 210 g/mol. The van der Waals surface area contributed by atoms with Crippen molar-refractivity contribution in [1.82, 2.24) is 0 Å². The Labute approximate surface area is 105 Å². The van der Waals surface area contributed by atoms with E-state index in [1.165, 1.54) is 5.56 Å². The molecule has 0 saturated carbocycles. The maximum atomic E-state index is 6.18. The molecule has 17 heavy (non-hydrogen) atoms.